The highest BCUT2D eigenvalue weighted by Gasteiger charge is 2.25. The number of esters is 2. The van der Waals surface area contributed by atoms with E-state index in [-0.39, 0.29) is 42.7 Å². The summed E-state index contributed by atoms with van der Waals surface area (Å²) in [7, 11) is 5.39. The SMILES string of the molecule is CC/C=C/C/C=C/CCCCCCCCCC(=O)OC(COCCC(C(=O)[O-])[N+](C)(C)C)COC(=O)CCCCCCCCCCCC. The number of carboxylic acids is 1. The second-order valence-corrected chi connectivity index (χ2v) is 14.1. The van der Waals surface area contributed by atoms with Crippen LogP contribution in [0.5, 0.6) is 0 Å². The lowest BCUT2D eigenvalue weighted by atomic mass is 10.1. The van der Waals surface area contributed by atoms with Crippen molar-refractivity contribution in [2.45, 2.75) is 174 Å². The first-order valence-electron chi connectivity index (χ1n) is 19.4. The molecule has 0 saturated carbocycles. The van der Waals surface area contributed by atoms with Gasteiger partial charge >= 0.3 is 11.9 Å². The lowest BCUT2D eigenvalue weighted by Gasteiger charge is -2.34. The number of carbonyl (C=O) groups excluding carboxylic acids is 3. The van der Waals surface area contributed by atoms with E-state index in [1.807, 2.05) is 0 Å². The number of likely N-dealkylation sites (N-methyl/N-ethyl adjacent to an activating group) is 1. The van der Waals surface area contributed by atoms with Crippen molar-refractivity contribution >= 4 is 17.9 Å². The molecule has 0 aromatic heterocycles. The molecule has 8 nitrogen and oxygen atoms in total. The number of carbonyl (C=O) groups is 3. The number of carboxylic acid groups (broad SMARTS) is 1. The molecule has 0 aromatic carbocycles. The van der Waals surface area contributed by atoms with Crippen LogP contribution in [-0.2, 0) is 28.6 Å². The van der Waals surface area contributed by atoms with E-state index >= 15 is 0 Å². The van der Waals surface area contributed by atoms with Gasteiger partial charge in [-0.15, -0.1) is 0 Å². The van der Waals surface area contributed by atoms with Crippen LogP contribution in [-0.4, -0.2) is 75.5 Å². The molecule has 0 fully saturated rings. The van der Waals surface area contributed by atoms with Gasteiger partial charge in [0, 0.05) is 19.3 Å². The van der Waals surface area contributed by atoms with E-state index in [0.717, 1.165) is 57.8 Å². The third-order valence-electron chi connectivity index (χ3n) is 8.60. The second-order valence-electron chi connectivity index (χ2n) is 14.1. The molecule has 48 heavy (non-hydrogen) atoms. The average Bonchev–Trinajstić information content (AvgIpc) is 3.03. The van der Waals surface area contributed by atoms with Crippen molar-refractivity contribution in [3.63, 3.8) is 0 Å². The lowest BCUT2D eigenvalue weighted by molar-refractivity contribution is -0.889. The zero-order valence-electron chi connectivity index (χ0n) is 31.7. The first-order valence-corrected chi connectivity index (χ1v) is 19.4. The van der Waals surface area contributed by atoms with E-state index < -0.39 is 18.1 Å². The monoisotopic (exact) mass is 680 g/mol. The molecule has 0 amide bonds. The summed E-state index contributed by atoms with van der Waals surface area (Å²) in [4.78, 5) is 36.6. The van der Waals surface area contributed by atoms with Crippen molar-refractivity contribution < 1.29 is 38.2 Å². The van der Waals surface area contributed by atoms with Gasteiger partial charge in [-0.25, -0.2) is 0 Å². The van der Waals surface area contributed by atoms with Crippen LogP contribution in [0.3, 0.4) is 0 Å². The molecule has 280 valence electrons. The van der Waals surface area contributed by atoms with E-state index in [2.05, 4.69) is 38.2 Å². The van der Waals surface area contributed by atoms with Gasteiger partial charge in [0.1, 0.15) is 12.6 Å². The van der Waals surface area contributed by atoms with E-state index in [1.54, 1.807) is 21.1 Å². The first kappa shape index (κ1) is 45.8. The van der Waals surface area contributed by atoms with Crippen molar-refractivity contribution in [1.29, 1.82) is 0 Å². The molecule has 0 bridgehead atoms. The van der Waals surface area contributed by atoms with Crippen molar-refractivity contribution in [3.8, 4) is 0 Å². The molecular weight excluding hydrogens is 606 g/mol. The number of ether oxygens (including phenoxy) is 3. The third kappa shape index (κ3) is 29.9. The van der Waals surface area contributed by atoms with Crippen LogP contribution in [0.2, 0.25) is 0 Å². The number of aliphatic carboxylic acids is 1. The van der Waals surface area contributed by atoms with Crippen molar-refractivity contribution in [2.24, 2.45) is 0 Å². The Balaban J connectivity index is 4.41. The fraction of sp³-hybridized carbons (Fsp3) is 0.825. The summed E-state index contributed by atoms with van der Waals surface area (Å²) in [5.74, 6) is -1.75. The standard InChI is InChI=1S/C40H73NO7/c1-6-8-10-12-14-16-18-19-20-21-23-25-27-29-31-39(43)48-36(34-46-33-32-37(40(44)45)41(3,4)5)35-47-38(42)30-28-26-24-22-17-15-13-11-9-7-2/h8,10,14,16,36-37H,6-7,9,11-13,15,17-35H2,1-5H3/b10-8+,16-14+. The van der Waals surface area contributed by atoms with E-state index in [0.29, 0.717) is 12.8 Å². The molecule has 8 heteroatoms. The van der Waals surface area contributed by atoms with Gasteiger partial charge in [0.15, 0.2) is 6.10 Å². The minimum absolute atomic E-state index is 0.0405. The topological polar surface area (TPSA) is 102 Å². The van der Waals surface area contributed by atoms with Gasteiger partial charge in [-0.1, -0.05) is 128 Å². The zero-order valence-corrected chi connectivity index (χ0v) is 31.7. The van der Waals surface area contributed by atoms with Gasteiger partial charge in [-0.3, -0.25) is 9.59 Å². The second kappa shape index (κ2) is 32.0. The van der Waals surface area contributed by atoms with Crippen LogP contribution in [0.4, 0.5) is 0 Å². The smallest absolute Gasteiger partial charge is 0.306 e. The molecule has 0 N–H and O–H groups in total. The minimum atomic E-state index is -1.13. The maximum atomic E-state index is 12.6. The molecule has 0 aromatic rings. The van der Waals surface area contributed by atoms with Crippen LogP contribution >= 0.6 is 0 Å². The summed E-state index contributed by atoms with van der Waals surface area (Å²) in [6, 6.07) is -0.722. The van der Waals surface area contributed by atoms with E-state index in [9.17, 15) is 19.5 Å². The Hall–Kier alpha value is -2.19. The molecular formula is C40H73NO7. The Morgan fingerprint density at radius 1 is 0.646 bits per heavy atom. The predicted molar refractivity (Wildman–Crippen MR) is 194 cm³/mol. The largest absolute Gasteiger partial charge is 0.544 e. The van der Waals surface area contributed by atoms with Gasteiger partial charge in [0.25, 0.3) is 0 Å². The van der Waals surface area contributed by atoms with Crippen molar-refractivity contribution in [1.82, 2.24) is 0 Å². The molecule has 2 unspecified atom stereocenters. The summed E-state index contributed by atoms with van der Waals surface area (Å²) in [5.41, 5.74) is 0. The van der Waals surface area contributed by atoms with Gasteiger partial charge in [-0.05, 0) is 38.5 Å². The number of rotatable bonds is 34. The van der Waals surface area contributed by atoms with Gasteiger partial charge in [-0.2, -0.15) is 0 Å². The Morgan fingerprint density at radius 3 is 1.71 bits per heavy atom. The zero-order chi connectivity index (χ0) is 35.7. The molecule has 0 spiro atoms. The number of allylic oxidation sites excluding steroid dienone is 4. The maximum absolute atomic E-state index is 12.6. The molecule has 0 aliphatic carbocycles. The van der Waals surface area contributed by atoms with Crippen LogP contribution in [0.15, 0.2) is 24.3 Å². The lowest BCUT2D eigenvalue weighted by Crippen LogP contribution is -2.55. The number of hydrogen-bond acceptors (Lipinski definition) is 7. The van der Waals surface area contributed by atoms with Crippen molar-refractivity contribution in [3.05, 3.63) is 24.3 Å². The highest BCUT2D eigenvalue weighted by atomic mass is 16.6. The fourth-order valence-corrected chi connectivity index (χ4v) is 5.58. The summed E-state index contributed by atoms with van der Waals surface area (Å²) < 4.78 is 17.1. The van der Waals surface area contributed by atoms with Crippen LogP contribution < -0.4 is 5.11 Å². The summed E-state index contributed by atoms with van der Waals surface area (Å²) >= 11 is 0. The Kier molecular flexibility index (Phi) is 30.6. The number of hydrogen-bond donors (Lipinski definition) is 0. The Labute approximate surface area is 294 Å². The highest BCUT2D eigenvalue weighted by molar-refractivity contribution is 5.70. The van der Waals surface area contributed by atoms with Crippen LogP contribution in [0.1, 0.15) is 162 Å². The van der Waals surface area contributed by atoms with Gasteiger partial charge < -0.3 is 28.6 Å². The number of unbranched alkanes of at least 4 members (excludes halogenated alkanes) is 16. The predicted octanol–water partition coefficient (Wildman–Crippen LogP) is 8.41. The number of nitrogens with zero attached hydrogens (tertiary/aromatic N) is 1. The molecule has 0 heterocycles. The maximum Gasteiger partial charge on any atom is 0.306 e. The Morgan fingerprint density at radius 2 is 1.17 bits per heavy atom. The van der Waals surface area contributed by atoms with Crippen molar-refractivity contribution in [2.75, 3.05) is 41.0 Å². The third-order valence-corrected chi connectivity index (χ3v) is 8.60. The van der Waals surface area contributed by atoms with Gasteiger partial charge in [0.05, 0.1) is 40.3 Å². The van der Waals surface area contributed by atoms with Crippen LogP contribution in [0.25, 0.3) is 0 Å². The summed E-state index contributed by atoms with van der Waals surface area (Å²) in [5, 5.41) is 11.6. The average molecular weight is 680 g/mol. The van der Waals surface area contributed by atoms with Gasteiger partial charge in [0.2, 0.25) is 0 Å². The molecule has 0 saturated heterocycles. The molecule has 0 radical (unpaired) electrons. The molecule has 0 aliphatic rings. The summed E-state index contributed by atoms with van der Waals surface area (Å²) in [6.07, 6.45) is 32.0. The van der Waals surface area contributed by atoms with Crippen LogP contribution in [0, 0.1) is 0 Å². The first-order chi connectivity index (χ1) is 23.1. The fourth-order valence-electron chi connectivity index (χ4n) is 5.58. The minimum Gasteiger partial charge on any atom is -0.544 e. The van der Waals surface area contributed by atoms with E-state index in [1.165, 1.54) is 70.6 Å². The highest BCUT2D eigenvalue weighted by Crippen LogP contribution is 2.14. The number of quaternary nitrogens is 1. The Bertz CT molecular complexity index is 849. The molecule has 0 rings (SSSR count). The summed E-state index contributed by atoms with van der Waals surface area (Å²) in [6.45, 7) is 4.53. The molecule has 0 aliphatic heterocycles. The van der Waals surface area contributed by atoms with E-state index in [4.69, 9.17) is 14.2 Å². The molecule has 2 atom stereocenters. The quantitative estimate of drug-likeness (QED) is 0.0291. The normalized spacial score (nSPS) is 13.3.